The zero-order valence-corrected chi connectivity index (χ0v) is 23.2. The van der Waals surface area contributed by atoms with Gasteiger partial charge in [0.05, 0.1) is 0 Å². The minimum atomic E-state index is -0.115. The molecule has 2 amide bonds. The molecule has 0 aliphatic heterocycles. The first-order chi connectivity index (χ1) is 19.3. The molecule has 5 rings (SSSR count). The molecule has 0 saturated heterocycles. The third-order valence-corrected chi connectivity index (χ3v) is 7.38. The summed E-state index contributed by atoms with van der Waals surface area (Å²) in [6.07, 6.45) is 0. The lowest BCUT2D eigenvalue weighted by atomic mass is 10.00. The number of hydrogen-bond acceptors (Lipinski definition) is 2. The molecule has 0 unspecified atom stereocenters. The Labute approximate surface area is 235 Å². The van der Waals surface area contributed by atoms with E-state index in [4.69, 9.17) is 0 Å². The van der Waals surface area contributed by atoms with E-state index in [0.717, 1.165) is 44.8 Å². The van der Waals surface area contributed by atoms with Crippen LogP contribution in [0, 0.1) is 27.7 Å². The zero-order valence-electron chi connectivity index (χ0n) is 23.2. The van der Waals surface area contributed by atoms with E-state index in [1.807, 2.05) is 113 Å². The molecule has 0 aromatic heterocycles. The van der Waals surface area contributed by atoms with E-state index in [1.165, 1.54) is 11.1 Å². The van der Waals surface area contributed by atoms with Gasteiger partial charge in [0, 0.05) is 22.5 Å². The second kappa shape index (κ2) is 11.4. The fourth-order valence-corrected chi connectivity index (χ4v) is 4.52. The summed E-state index contributed by atoms with van der Waals surface area (Å²) in [4.78, 5) is 25.3. The van der Waals surface area contributed by atoms with Crippen molar-refractivity contribution in [2.24, 2.45) is 0 Å². The van der Waals surface area contributed by atoms with Crippen LogP contribution in [-0.4, -0.2) is 11.8 Å². The summed E-state index contributed by atoms with van der Waals surface area (Å²) in [5.74, 6) is -0.230. The predicted octanol–water partition coefficient (Wildman–Crippen LogP) is 8.76. The maximum absolute atomic E-state index is 12.6. The van der Waals surface area contributed by atoms with E-state index in [-0.39, 0.29) is 11.8 Å². The Morgan fingerprint density at radius 3 is 1.00 bits per heavy atom. The number of aryl methyl sites for hydroxylation is 4. The zero-order chi connectivity index (χ0) is 28.2. The van der Waals surface area contributed by atoms with Crippen LogP contribution in [0.3, 0.4) is 0 Å². The summed E-state index contributed by atoms with van der Waals surface area (Å²) < 4.78 is 0. The molecular weight excluding hydrogens is 492 g/mol. The molecule has 5 aromatic rings. The number of nitrogens with one attached hydrogen (secondary N) is 2. The molecule has 0 spiro atoms. The Morgan fingerprint density at radius 2 is 0.700 bits per heavy atom. The average Bonchev–Trinajstić information content (AvgIpc) is 2.97. The highest BCUT2D eigenvalue weighted by Crippen LogP contribution is 2.27. The van der Waals surface area contributed by atoms with E-state index >= 15 is 0 Å². The molecule has 0 saturated carbocycles. The van der Waals surface area contributed by atoms with Crippen molar-refractivity contribution in [2.75, 3.05) is 10.6 Å². The van der Waals surface area contributed by atoms with Gasteiger partial charge in [-0.15, -0.1) is 0 Å². The van der Waals surface area contributed by atoms with Crippen molar-refractivity contribution < 1.29 is 9.59 Å². The van der Waals surface area contributed by atoms with Crippen molar-refractivity contribution in [3.05, 3.63) is 143 Å². The number of hydrogen-bond donors (Lipinski definition) is 2. The summed E-state index contributed by atoms with van der Waals surface area (Å²) >= 11 is 0. The summed E-state index contributed by atoms with van der Waals surface area (Å²) in [5.41, 5.74) is 11.7. The second-order valence-corrected chi connectivity index (χ2v) is 10.2. The molecule has 0 atom stereocenters. The summed E-state index contributed by atoms with van der Waals surface area (Å²) in [7, 11) is 0. The highest BCUT2D eigenvalue weighted by atomic mass is 16.2. The van der Waals surface area contributed by atoms with Gasteiger partial charge in [-0.1, -0.05) is 60.7 Å². The normalized spacial score (nSPS) is 10.7. The summed E-state index contributed by atoms with van der Waals surface area (Å²) in [5, 5.41) is 5.96. The largest absolute Gasteiger partial charge is 0.322 e. The van der Waals surface area contributed by atoms with E-state index in [2.05, 4.69) is 34.9 Å². The highest BCUT2D eigenvalue weighted by Gasteiger charge is 2.09. The van der Waals surface area contributed by atoms with Gasteiger partial charge in [0.2, 0.25) is 0 Å². The summed E-state index contributed by atoms with van der Waals surface area (Å²) in [6, 6.07) is 35.6. The fraction of sp³-hybridized carbons (Fsp3) is 0.111. The van der Waals surface area contributed by atoms with Crippen LogP contribution >= 0.6 is 0 Å². The molecule has 0 heterocycles. The van der Waals surface area contributed by atoms with Crippen LogP contribution < -0.4 is 10.6 Å². The third-order valence-electron chi connectivity index (χ3n) is 7.38. The maximum atomic E-state index is 12.6. The van der Waals surface area contributed by atoms with Crippen LogP contribution in [0.1, 0.15) is 43.0 Å². The van der Waals surface area contributed by atoms with Gasteiger partial charge in [0.15, 0.2) is 0 Å². The molecule has 0 fully saturated rings. The van der Waals surface area contributed by atoms with Crippen LogP contribution in [0.4, 0.5) is 11.4 Å². The van der Waals surface area contributed by atoms with E-state index in [1.54, 1.807) is 0 Å². The lowest BCUT2D eigenvalue weighted by Gasteiger charge is -2.10. The number of rotatable bonds is 6. The SMILES string of the molecule is Cc1ccc(C(=O)Nc2ccc(-c3ccc(-c4ccc(NC(=O)c5ccc(C)c(C)c5)cc4)cc3)cc2)cc1C. The summed E-state index contributed by atoms with van der Waals surface area (Å²) in [6.45, 7) is 8.09. The average molecular weight is 525 g/mol. The van der Waals surface area contributed by atoms with Crippen LogP contribution in [0.15, 0.2) is 109 Å². The molecule has 0 bridgehead atoms. The van der Waals surface area contributed by atoms with Crippen molar-refractivity contribution in [1.29, 1.82) is 0 Å². The molecule has 4 heteroatoms. The Kier molecular flexibility index (Phi) is 7.61. The van der Waals surface area contributed by atoms with E-state index in [9.17, 15) is 9.59 Å². The lowest BCUT2D eigenvalue weighted by Crippen LogP contribution is -2.12. The topological polar surface area (TPSA) is 58.2 Å². The molecule has 0 aliphatic carbocycles. The van der Waals surface area contributed by atoms with E-state index in [0.29, 0.717) is 11.1 Å². The Bertz CT molecular complexity index is 1560. The first kappa shape index (κ1) is 26.6. The number of benzene rings is 5. The molecule has 0 radical (unpaired) electrons. The molecule has 198 valence electrons. The monoisotopic (exact) mass is 524 g/mol. The standard InChI is InChI=1S/C36H32N2O2/c1-23-5-7-31(21-25(23)3)35(39)37-33-17-13-29(14-18-33)27-9-11-28(12-10-27)30-15-19-34(20-16-30)38-36(40)32-8-6-24(2)26(4)22-32/h5-22H,1-4H3,(H,37,39)(H,38,40). The smallest absolute Gasteiger partial charge is 0.255 e. The van der Waals surface area contributed by atoms with Gasteiger partial charge in [-0.05, 0) is 121 Å². The maximum Gasteiger partial charge on any atom is 0.255 e. The molecule has 5 aromatic carbocycles. The van der Waals surface area contributed by atoms with Crippen molar-refractivity contribution in [2.45, 2.75) is 27.7 Å². The van der Waals surface area contributed by atoms with Crippen LogP contribution in [0.5, 0.6) is 0 Å². The minimum Gasteiger partial charge on any atom is -0.322 e. The Balaban J connectivity index is 1.22. The van der Waals surface area contributed by atoms with Gasteiger partial charge < -0.3 is 10.6 Å². The number of amides is 2. The van der Waals surface area contributed by atoms with Gasteiger partial charge in [0.1, 0.15) is 0 Å². The third kappa shape index (κ3) is 6.02. The van der Waals surface area contributed by atoms with E-state index < -0.39 is 0 Å². The quantitative estimate of drug-likeness (QED) is 0.233. The molecule has 4 nitrogen and oxygen atoms in total. The number of carbonyl (C=O) groups excluding carboxylic acids is 2. The van der Waals surface area contributed by atoms with Crippen LogP contribution in [-0.2, 0) is 0 Å². The van der Waals surface area contributed by atoms with Crippen molar-refractivity contribution in [3.8, 4) is 22.3 Å². The first-order valence-corrected chi connectivity index (χ1v) is 13.3. The van der Waals surface area contributed by atoms with Gasteiger partial charge in [-0.2, -0.15) is 0 Å². The lowest BCUT2D eigenvalue weighted by molar-refractivity contribution is 0.101. The Morgan fingerprint density at radius 1 is 0.400 bits per heavy atom. The molecular formula is C36H32N2O2. The Hall–Kier alpha value is -4.96. The second-order valence-electron chi connectivity index (χ2n) is 10.2. The van der Waals surface area contributed by atoms with Crippen LogP contribution in [0.25, 0.3) is 22.3 Å². The number of carbonyl (C=O) groups is 2. The van der Waals surface area contributed by atoms with Gasteiger partial charge >= 0.3 is 0 Å². The van der Waals surface area contributed by atoms with Gasteiger partial charge in [0.25, 0.3) is 11.8 Å². The van der Waals surface area contributed by atoms with Crippen molar-refractivity contribution in [3.63, 3.8) is 0 Å². The van der Waals surface area contributed by atoms with Crippen LogP contribution in [0.2, 0.25) is 0 Å². The van der Waals surface area contributed by atoms with Crippen molar-refractivity contribution >= 4 is 23.2 Å². The fourth-order valence-electron chi connectivity index (χ4n) is 4.52. The van der Waals surface area contributed by atoms with Crippen molar-refractivity contribution in [1.82, 2.24) is 0 Å². The van der Waals surface area contributed by atoms with Gasteiger partial charge in [-0.3, -0.25) is 9.59 Å². The molecule has 40 heavy (non-hydrogen) atoms. The molecule has 0 aliphatic rings. The number of anilines is 2. The predicted molar refractivity (Wildman–Crippen MR) is 165 cm³/mol. The minimum absolute atomic E-state index is 0.115. The highest BCUT2D eigenvalue weighted by molar-refractivity contribution is 6.05. The van der Waals surface area contributed by atoms with Gasteiger partial charge in [-0.25, -0.2) is 0 Å². The first-order valence-electron chi connectivity index (χ1n) is 13.3. The molecule has 2 N–H and O–H groups in total.